The number of hydrogen-bond donors (Lipinski definition) is 0. The Balaban J connectivity index is 0.000000522. The Bertz CT molecular complexity index is 1580. The zero-order valence-electron chi connectivity index (χ0n) is 29.9. The molecule has 8 bridgehead atoms. The minimum atomic E-state index is -10.7. The van der Waals surface area contributed by atoms with Crippen LogP contribution in [0, 0.1) is 0 Å². The molecule has 0 amide bonds. The van der Waals surface area contributed by atoms with Crippen LogP contribution in [-0.2, 0) is 52.4 Å². The van der Waals surface area contributed by atoms with Gasteiger partial charge in [0.2, 0.25) is 25.3 Å². The first-order valence-corrected chi connectivity index (χ1v) is 24.2. The van der Waals surface area contributed by atoms with Crippen molar-refractivity contribution in [2.75, 3.05) is 0 Å². The van der Waals surface area contributed by atoms with Crippen LogP contribution in [0.25, 0.3) is 0 Å². The van der Waals surface area contributed by atoms with Crippen LogP contribution in [0.15, 0.2) is 74.9 Å². The average molecular weight is 1020 g/mol. The number of halogens is 24. The van der Waals surface area contributed by atoms with Crippen molar-refractivity contribution in [1.29, 1.82) is 0 Å². The number of nitrogens with zero attached hydrogens (tertiary/aromatic N) is 8. The second kappa shape index (κ2) is 15.3. The second-order valence-electron chi connectivity index (χ2n) is 12.8. The summed E-state index contributed by atoms with van der Waals surface area (Å²) in [7, 11) is -42.6. The maximum Gasteiger partial charge on any atom is 0.243 e. The molecule has 5 heterocycles. The number of aryl methyl sites for hydroxylation is 8. The first-order chi connectivity index (χ1) is 25.6. The van der Waals surface area contributed by atoms with Crippen LogP contribution < -0.4 is 18.3 Å². The van der Waals surface area contributed by atoms with Gasteiger partial charge in [0.25, 0.3) is 0 Å². The van der Waals surface area contributed by atoms with Crippen molar-refractivity contribution in [3.05, 3.63) is 74.9 Å². The summed E-state index contributed by atoms with van der Waals surface area (Å²) in [5, 5.41) is 0. The van der Waals surface area contributed by atoms with E-state index in [1.165, 1.54) is 0 Å². The molecule has 0 saturated heterocycles. The van der Waals surface area contributed by atoms with E-state index in [0.29, 0.717) is 0 Å². The third-order valence-electron chi connectivity index (χ3n) is 6.32. The van der Waals surface area contributed by atoms with E-state index in [2.05, 4.69) is 111 Å². The van der Waals surface area contributed by atoms with Gasteiger partial charge in [0.1, 0.15) is 49.6 Å². The summed E-state index contributed by atoms with van der Waals surface area (Å²) in [6.45, 7) is 8.42. The fourth-order valence-corrected chi connectivity index (χ4v) is 4.56. The normalized spacial score (nSPS) is 19.6. The Morgan fingerprint density at radius 3 is 0.633 bits per heavy atom. The van der Waals surface area contributed by atoms with Crippen molar-refractivity contribution < 1.29 is 119 Å². The first-order valence-electron chi connectivity index (χ1n) is 16.1. The van der Waals surface area contributed by atoms with E-state index in [-0.39, 0.29) is 0 Å². The van der Waals surface area contributed by atoms with Gasteiger partial charge in [-0.2, -0.15) is 0 Å². The molecule has 60 heavy (non-hydrogen) atoms. The van der Waals surface area contributed by atoms with Gasteiger partial charge >= 0.3 is 132 Å². The van der Waals surface area contributed by atoms with Crippen LogP contribution in [0.4, 0.5) is 101 Å². The van der Waals surface area contributed by atoms with E-state index >= 15 is 0 Å². The van der Waals surface area contributed by atoms with Crippen LogP contribution >= 0.6 is 31.2 Å². The van der Waals surface area contributed by atoms with Crippen LogP contribution in [0.2, 0.25) is 0 Å². The molecular weight excluding hydrogens is 980 g/mol. The van der Waals surface area contributed by atoms with E-state index in [9.17, 15) is 101 Å². The summed E-state index contributed by atoms with van der Waals surface area (Å²) in [6, 6.07) is 0. The number of aromatic nitrogens is 8. The minimum absolute atomic E-state index is 1.05. The summed E-state index contributed by atoms with van der Waals surface area (Å²) in [4.78, 5) is 0. The second-order valence-corrected chi connectivity index (χ2v) is 20.5. The molecule has 1 aliphatic heterocycles. The Labute approximate surface area is 321 Å². The molecule has 4 aromatic heterocycles. The van der Waals surface area contributed by atoms with Gasteiger partial charge in [0, 0.05) is 25.7 Å². The molecule has 0 N–H and O–H groups in total. The predicted octanol–water partition coefficient (Wildman–Crippen LogP) is 14.2. The first kappa shape index (κ1) is 54.9. The monoisotopic (exact) mass is 1020 g/mol. The van der Waals surface area contributed by atoms with Gasteiger partial charge in [0.05, 0.1) is 52.4 Å². The van der Waals surface area contributed by atoms with Gasteiger partial charge in [-0.25, -0.2) is 36.5 Å². The molecule has 0 spiro atoms. The van der Waals surface area contributed by atoms with Gasteiger partial charge < -0.3 is 0 Å². The van der Waals surface area contributed by atoms with Crippen LogP contribution in [0.5, 0.6) is 0 Å². The molecule has 0 saturated carbocycles. The standard InChI is InChI=1S/C24H36N8.4F6P/c1-5-25-13-15-27(21-25)7-2-9-29-17-19-31(23-29)11-4-12-32-20-18-30(24-32)10-3-8-28-16-14-26(6-1)22-28;4*1-7(2,3,4,5)6/h13-24H,1-12H2;;;;/q+4;4*-1. The van der Waals surface area contributed by atoms with Crippen LogP contribution in [0.1, 0.15) is 25.7 Å². The molecular formula is C24H36F24N8P4. The maximum atomic E-state index is 9.87. The predicted molar refractivity (Wildman–Crippen MR) is 171 cm³/mol. The van der Waals surface area contributed by atoms with Crippen molar-refractivity contribution in [3.8, 4) is 0 Å². The minimum Gasteiger partial charge on any atom is -0.237 e. The molecule has 360 valence electrons. The average Bonchev–Trinajstić information content (AvgIpc) is 3.71. The summed E-state index contributed by atoms with van der Waals surface area (Å²) in [5.74, 6) is 0. The smallest absolute Gasteiger partial charge is 0.237 e. The molecule has 0 aromatic carbocycles. The third-order valence-corrected chi connectivity index (χ3v) is 6.32. The van der Waals surface area contributed by atoms with Gasteiger partial charge in [-0.1, -0.05) is 0 Å². The molecule has 0 radical (unpaired) electrons. The van der Waals surface area contributed by atoms with Crippen molar-refractivity contribution >= 4 is 31.2 Å². The Morgan fingerprint density at radius 2 is 0.433 bits per heavy atom. The molecule has 5 rings (SSSR count). The molecule has 0 unspecified atom stereocenters. The maximum absolute atomic E-state index is 10.7. The summed E-state index contributed by atoms with van der Waals surface area (Å²) in [5.41, 5.74) is 0. The number of hydrogen-bond acceptors (Lipinski definition) is 0. The zero-order valence-corrected chi connectivity index (χ0v) is 33.4. The van der Waals surface area contributed by atoms with Gasteiger partial charge in [0.15, 0.2) is 0 Å². The Morgan fingerprint density at radius 1 is 0.267 bits per heavy atom. The van der Waals surface area contributed by atoms with Crippen LogP contribution in [0.3, 0.4) is 0 Å². The summed E-state index contributed by atoms with van der Waals surface area (Å²) in [6.07, 6.45) is 31.1. The molecule has 4 aromatic rings. The summed E-state index contributed by atoms with van der Waals surface area (Å²) < 4.78 is 255. The Kier molecular flexibility index (Phi) is 14.0. The van der Waals surface area contributed by atoms with E-state index < -0.39 is 31.2 Å². The molecule has 0 fully saturated rings. The van der Waals surface area contributed by atoms with Crippen LogP contribution in [-0.4, -0.2) is 18.3 Å². The SMILES string of the molecule is F[P-](F)(F)(F)(F)F.F[P-](F)(F)(F)(F)F.F[P-](F)(F)(F)(F)F.F[P-](F)(F)(F)(F)F.c1c[n+]2cn1CCCn1cc[n+](c1)CCCn1cc[n+](c1)CCC[n+]1ccn(c1)CCC2. The zero-order chi connectivity index (χ0) is 47.2. The molecule has 36 heteroatoms. The van der Waals surface area contributed by atoms with Crippen molar-refractivity contribution in [3.63, 3.8) is 0 Å². The Hall–Kier alpha value is -3.12. The van der Waals surface area contributed by atoms with E-state index in [1.54, 1.807) is 0 Å². The molecule has 0 aliphatic carbocycles. The summed E-state index contributed by atoms with van der Waals surface area (Å²) >= 11 is 0. The van der Waals surface area contributed by atoms with Crippen molar-refractivity contribution in [1.82, 2.24) is 18.3 Å². The quantitative estimate of drug-likeness (QED) is 0.0956. The third kappa shape index (κ3) is 49.2. The fourth-order valence-electron chi connectivity index (χ4n) is 4.56. The molecule has 1 aliphatic rings. The van der Waals surface area contributed by atoms with E-state index in [1.807, 2.05) is 0 Å². The van der Waals surface area contributed by atoms with E-state index in [4.69, 9.17) is 0 Å². The molecule has 0 atom stereocenters. The largest absolute Gasteiger partial charge is 0.243 e. The van der Waals surface area contributed by atoms with Gasteiger partial charge in [-0.15, -0.1) is 0 Å². The van der Waals surface area contributed by atoms with Crippen molar-refractivity contribution in [2.45, 2.75) is 78.0 Å². The van der Waals surface area contributed by atoms with Gasteiger partial charge in [-0.05, 0) is 0 Å². The fraction of sp³-hybridized carbons (Fsp3) is 0.500. The van der Waals surface area contributed by atoms with E-state index in [0.717, 1.165) is 78.0 Å². The number of fused-ring (bicyclic) bond motifs is 8. The molecule has 8 nitrogen and oxygen atoms in total. The number of imidazole rings is 4. The van der Waals surface area contributed by atoms with Crippen molar-refractivity contribution in [2.24, 2.45) is 0 Å². The van der Waals surface area contributed by atoms with Gasteiger partial charge in [-0.3, -0.25) is 0 Å². The number of rotatable bonds is 0. The topological polar surface area (TPSA) is 35.2 Å².